The molecule has 1 aliphatic heterocycles. The minimum atomic E-state index is 0.634. The van der Waals surface area contributed by atoms with E-state index in [9.17, 15) is 0 Å². The molecule has 0 radical (unpaired) electrons. The Bertz CT molecular complexity index is 153. The van der Waals surface area contributed by atoms with Crippen molar-refractivity contribution < 1.29 is 4.74 Å². The second kappa shape index (κ2) is 8.08. The summed E-state index contributed by atoms with van der Waals surface area (Å²) in [5, 5.41) is 0. The van der Waals surface area contributed by atoms with E-state index in [4.69, 9.17) is 10.5 Å². The van der Waals surface area contributed by atoms with Crippen molar-refractivity contribution in [1.29, 1.82) is 0 Å². The molecule has 0 amide bonds. The first kappa shape index (κ1) is 12.9. The summed E-state index contributed by atoms with van der Waals surface area (Å²) >= 11 is 0. The smallest absolute Gasteiger partial charge is 0.0462 e. The van der Waals surface area contributed by atoms with Crippen molar-refractivity contribution in [2.45, 2.75) is 44.6 Å². The predicted molar refractivity (Wildman–Crippen MR) is 64.0 cm³/mol. The Hall–Kier alpha value is -0.120. The van der Waals surface area contributed by atoms with Gasteiger partial charge in [-0.25, -0.2) is 0 Å². The number of hydrogen-bond acceptors (Lipinski definition) is 3. The average molecular weight is 214 g/mol. The fourth-order valence-corrected chi connectivity index (χ4v) is 2.36. The molecule has 0 aromatic heterocycles. The van der Waals surface area contributed by atoms with Crippen molar-refractivity contribution in [3.63, 3.8) is 0 Å². The van der Waals surface area contributed by atoms with Gasteiger partial charge in [0.15, 0.2) is 0 Å². The summed E-state index contributed by atoms with van der Waals surface area (Å²) in [5.41, 5.74) is 5.83. The van der Waals surface area contributed by atoms with Crippen LogP contribution in [0.5, 0.6) is 0 Å². The molecule has 1 rings (SSSR count). The van der Waals surface area contributed by atoms with E-state index >= 15 is 0 Å². The molecule has 0 aromatic carbocycles. The summed E-state index contributed by atoms with van der Waals surface area (Å²) in [7, 11) is 1.77. The van der Waals surface area contributed by atoms with Gasteiger partial charge in [0, 0.05) is 26.3 Å². The molecule has 0 bridgehead atoms. The van der Waals surface area contributed by atoms with Crippen LogP contribution >= 0.6 is 0 Å². The molecule has 1 aliphatic rings. The Kier molecular flexibility index (Phi) is 6.98. The third-order valence-electron chi connectivity index (χ3n) is 3.31. The van der Waals surface area contributed by atoms with Crippen LogP contribution in [0.1, 0.15) is 38.5 Å². The molecule has 1 atom stereocenters. The zero-order valence-electron chi connectivity index (χ0n) is 10.1. The lowest BCUT2D eigenvalue weighted by atomic mass is 10.1. The number of nitrogens with two attached hydrogens (primary N) is 1. The molecular formula is C12H26N2O. The van der Waals surface area contributed by atoms with Gasteiger partial charge in [0.1, 0.15) is 0 Å². The van der Waals surface area contributed by atoms with Gasteiger partial charge in [-0.05, 0) is 38.8 Å². The van der Waals surface area contributed by atoms with Crippen LogP contribution in [-0.4, -0.2) is 44.3 Å². The molecule has 3 heteroatoms. The molecule has 2 N–H and O–H groups in total. The molecule has 1 fully saturated rings. The Balaban J connectivity index is 2.22. The van der Waals surface area contributed by atoms with E-state index in [0.29, 0.717) is 6.04 Å². The second-order valence-corrected chi connectivity index (χ2v) is 4.47. The lowest BCUT2D eigenvalue weighted by molar-refractivity contribution is 0.169. The quantitative estimate of drug-likeness (QED) is 0.683. The van der Waals surface area contributed by atoms with Crippen LogP contribution in [0.4, 0.5) is 0 Å². The lowest BCUT2D eigenvalue weighted by Gasteiger charge is -2.28. The summed E-state index contributed by atoms with van der Waals surface area (Å²) in [4.78, 5) is 2.59. The maximum Gasteiger partial charge on any atom is 0.0462 e. The van der Waals surface area contributed by atoms with Gasteiger partial charge in [0.05, 0.1) is 0 Å². The molecule has 0 saturated carbocycles. The van der Waals surface area contributed by atoms with Gasteiger partial charge in [0.2, 0.25) is 0 Å². The van der Waals surface area contributed by atoms with Gasteiger partial charge in [-0.1, -0.05) is 12.8 Å². The number of ether oxygens (including phenoxy) is 1. The van der Waals surface area contributed by atoms with Gasteiger partial charge in [0.25, 0.3) is 0 Å². The topological polar surface area (TPSA) is 38.5 Å². The van der Waals surface area contributed by atoms with Crippen LogP contribution in [0, 0.1) is 0 Å². The van der Waals surface area contributed by atoms with Crippen molar-refractivity contribution in [3.05, 3.63) is 0 Å². The zero-order valence-corrected chi connectivity index (χ0v) is 10.1. The summed E-state index contributed by atoms with van der Waals surface area (Å²) in [6.45, 7) is 4.16. The molecule has 1 heterocycles. The highest BCUT2D eigenvalue weighted by Gasteiger charge is 2.18. The van der Waals surface area contributed by atoms with Crippen molar-refractivity contribution in [2.75, 3.05) is 33.4 Å². The number of nitrogens with zero attached hydrogens (tertiary/aromatic N) is 1. The normalized spacial score (nSPS) is 24.0. The van der Waals surface area contributed by atoms with Gasteiger partial charge >= 0.3 is 0 Å². The van der Waals surface area contributed by atoms with Gasteiger partial charge in [-0.2, -0.15) is 0 Å². The first-order valence-corrected chi connectivity index (χ1v) is 6.31. The summed E-state index contributed by atoms with van der Waals surface area (Å²) in [6, 6.07) is 0.634. The molecule has 0 aromatic rings. The van der Waals surface area contributed by atoms with Gasteiger partial charge in [-0.3, -0.25) is 4.90 Å². The average Bonchev–Trinajstić information content (AvgIpc) is 2.49. The maximum absolute atomic E-state index is 5.83. The highest BCUT2D eigenvalue weighted by molar-refractivity contribution is 4.75. The van der Waals surface area contributed by atoms with Gasteiger partial charge in [-0.15, -0.1) is 0 Å². The standard InChI is InChI=1S/C12H26N2O/c1-15-10-6-5-9-14-8-4-2-3-7-12(14)11-13/h12H,2-11,13H2,1H3. The van der Waals surface area contributed by atoms with Crippen molar-refractivity contribution in [2.24, 2.45) is 5.73 Å². The number of methoxy groups -OCH3 is 1. The predicted octanol–water partition coefficient (Wildman–Crippen LogP) is 1.62. The Morgan fingerprint density at radius 1 is 1.27 bits per heavy atom. The number of unbranched alkanes of at least 4 members (excludes halogenated alkanes) is 1. The first-order chi connectivity index (χ1) is 7.38. The van der Waals surface area contributed by atoms with Gasteiger partial charge < -0.3 is 10.5 Å². The highest BCUT2D eigenvalue weighted by Crippen LogP contribution is 2.16. The molecule has 3 nitrogen and oxygen atoms in total. The molecule has 15 heavy (non-hydrogen) atoms. The van der Waals surface area contributed by atoms with Crippen LogP contribution < -0.4 is 5.73 Å². The SMILES string of the molecule is COCCCCN1CCCCCC1CN. The van der Waals surface area contributed by atoms with E-state index in [0.717, 1.165) is 13.2 Å². The minimum absolute atomic E-state index is 0.634. The van der Waals surface area contributed by atoms with Crippen LogP contribution in [0.3, 0.4) is 0 Å². The Morgan fingerprint density at radius 3 is 2.87 bits per heavy atom. The van der Waals surface area contributed by atoms with Crippen molar-refractivity contribution in [1.82, 2.24) is 4.90 Å². The number of likely N-dealkylation sites (tertiary alicyclic amines) is 1. The van der Waals surface area contributed by atoms with E-state index in [1.54, 1.807) is 7.11 Å². The second-order valence-electron chi connectivity index (χ2n) is 4.47. The minimum Gasteiger partial charge on any atom is -0.385 e. The third-order valence-corrected chi connectivity index (χ3v) is 3.31. The lowest BCUT2D eigenvalue weighted by Crippen LogP contribution is -2.40. The molecule has 1 saturated heterocycles. The maximum atomic E-state index is 5.83. The zero-order chi connectivity index (χ0) is 10.9. The van der Waals surface area contributed by atoms with E-state index in [1.807, 2.05) is 0 Å². The molecular weight excluding hydrogens is 188 g/mol. The summed E-state index contributed by atoms with van der Waals surface area (Å²) in [6.07, 6.45) is 7.79. The summed E-state index contributed by atoms with van der Waals surface area (Å²) < 4.78 is 5.07. The fourth-order valence-electron chi connectivity index (χ4n) is 2.36. The van der Waals surface area contributed by atoms with E-state index in [-0.39, 0.29) is 0 Å². The van der Waals surface area contributed by atoms with Crippen LogP contribution in [0.25, 0.3) is 0 Å². The van der Waals surface area contributed by atoms with Crippen LogP contribution in [0.15, 0.2) is 0 Å². The first-order valence-electron chi connectivity index (χ1n) is 6.31. The Morgan fingerprint density at radius 2 is 2.13 bits per heavy atom. The Labute approximate surface area is 94.0 Å². The third kappa shape index (κ3) is 4.96. The highest BCUT2D eigenvalue weighted by atomic mass is 16.5. The largest absolute Gasteiger partial charge is 0.385 e. The van der Waals surface area contributed by atoms with E-state index in [2.05, 4.69) is 4.90 Å². The molecule has 0 spiro atoms. The molecule has 90 valence electrons. The molecule has 1 unspecified atom stereocenters. The molecule has 0 aliphatic carbocycles. The van der Waals surface area contributed by atoms with Crippen LogP contribution in [0.2, 0.25) is 0 Å². The van der Waals surface area contributed by atoms with Crippen molar-refractivity contribution in [3.8, 4) is 0 Å². The summed E-state index contributed by atoms with van der Waals surface area (Å²) in [5.74, 6) is 0. The monoisotopic (exact) mass is 214 g/mol. The number of hydrogen-bond donors (Lipinski definition) is 1. The van der Waals surface area contributed by atoms with E-state index in [1.165, 1.54) is 51.6 Å². The van der Waals surface area contributed by atoms with Crippen molar-refractivity contribution >= 4 is 0 Å². The fraction of sp³-hybridized carbons (Fsp3) is 1.00. The van der Waals surface area contributed by atoms with Crippen LogP contribution in [-0.2, 0) is 4.74 Å². The van der Waals surface area contributed by atoms with E-state index < -0.39 is 0 Å². The number of rotatable bonds is 6.